The van der Waals surface area contributed by atoms with Gasteiger partial charge in [-0.05, 0) is 37.6 Å². The molecule has 2 aromatic carbocycles. The third-order valence-electron chi connectivity index (χ3n) is 3.29. The van der Waals surface area contributed by atoms with E-state index in [-0.39, 0.29) is 12.1 Å². The van der Waals surface area contributed by atoms with Crippen molar-refractivity contribution in [2.24, 2.45) is 0 Å². The Bertz CT molecular complexity index is 687. The lowest BCUT2D eigenvalue weighted by Gasteiger charge is -2.11. The fraction of sp³-hybridized carbons (Fsp3) is 0.278. The van der Waals surface area contributed by atoms with Crippen LogP contribution in [-0.2, 0) is 13.1 Å². The summed E-state index contributed by atoms with van der Waals surface area (Å²) in [6.45, 7) is 4.62. The number of hydrogen-bond acceptors (Lipinski definition) is 2. The monoisotopic (exact) mass is 333 g/mol. The molecule has 0 aromatic heterocycles. The second kappa shape index (κ2) is 8.40. The molecule has 0 radical (unpaired) electrons. The maximum absolute atomic E-state index is 13.5. The summed E-state index contributed by atoms with van der Waals surface area (Å²) in [5.41, 5.74) is 2.11. The summed E-state index contributed by atoms with van der Waals surface area (Å²) in [5, 5.41) is 8.59. The van der Waals surface area contributed by atoms with Gasteiger partial charge in [0.2, 0.25) is 0 Å². The van der Waals surface area contributed by atoms with Gasteiger partial charge in [-0.25, -0.2) is 13.6 Å². The highest BCUT2D eigenvalue weighted by molar-refractivity contribution is 5.89. The van der Waals surface area contributed by atoms with Gasteiger partial charge in [0.25, 0.3) is 0 Å². The number of amides is 2. The third kappa shape index (κ3) is 5.62. The van der Waals surface area contributed by atoms with Gasteiger partial charge in [-0.3, -0.25) is 0 Å². The number of benzene rings is 2. The number of rotatable bonds is 6. The van der Waals surface area contributed by atoms with Crippen molar-refractivity contribution in [2.45, 2.75) is 33.0 Å². The van der Waals surface area contributed by atoms with Gasteiger partial charge in [-0.2, -0.15) is 0 Å². The maximum Gasteiger partial charge on any atom is 0.319 e. The van der Waals surface area contributed by atoms with E-state index in [0.717, 1.165) is 11.6 Å². The van der Waals surface area contributed by atoms with Gasteiger partial charge in [0, 0.05) is 36.4 Å². The van der Waals surface area contributed by atoms with Gasteiger partial charge in [-0.1, -0.05) is 18.2 Å². The molecule has 128 valence electrons. The van der Waals surface area contributed by atoms with Crippen LogP contribution in [0.5, 0.6) is 0 Å². The largest absolute Gasteiger partial charge is 0.336 e. The van der Waals surface area contributed by atoms with Crippen LogP contribution in [0.15, 0.2) is 42.5 Å². The van der Waals surface area contributed by atoms with Crippen LogP contribution in [0.2, 0.25) is 0 Å². The first kappa shape index (κ1) is 17.9. The van der Waals surface area contributed by atoms with Crippen molar-refractivity contribution in [3.05, 3.63) is 65.2 Å². The second-order valence-electron chi connectivity index (χ2n) is 5.79. The Morgan fingerprint density at radius 2 is 1.75 bits per heavy atom. The summed E-state index contributed by atoms with van der Waals surface area (Å²) >= 11 is 0. The van der Waals surface area contributed by atoms with Crippen LogP contribution in [0, 0.1) is 11.6 Å². The number of carbonyl (C=O) groups is 1. The van der Waals surface area contributed by atoms with Gasteiger partial charge in [0.05, 0.1) is 0 Å². The molecule has 0 aliphatic heterocycles. The smallest absolute Gasteiger partial charge is 0.319 e. The zero-order valence-corrected chi connectivity index (χ0v) is 13.7. The Morgan fingerprint density at radius 3 is 2.38 bits per heavy atom. The molecular weight excluding hydrogens is 312 g/mol. The van der Waals surface area contributed by atoms with Gasteiger partial charge in [0.1, 0.15) is 11.6 Å². The van der Waals surface area contributed by atoms with Crippen LogP contribution >= 0.6 is 0 Å². The molecule has 0 bridgehead atoms. The van der Waals surface area contributed by atoms with Crippen LogP contribution < -0.4 is 16.0 Å². The summed E-state index contributed by atoms with van der Waals surface area (Å²) < 4.78 is 26.4. The lowest BCUT2D eigenvalue weighted by Crippen LogP contribution is -2.34. The molecule has 0 atom stereocenters. The molecule has 3 N–H and O–H groups in total. The molecule has 0 spiro atoms. The van der Waals surface area contributed by atoms with E-state index in [2.05, 4.69) is 16.0 Å². The van der Waals surface area contributed by atoms with E-state index in [9.17, 15) is 13.6 Å². The lowest BCUT2D eigenvalue weighted by molar-refractivity contribution is 0.250. The number of carbonyl (C=O) groups excluding carboxylic acids is 1. The van der Waals surface area contributed by atoms with E-state index in [1.807, 2.05) is 26.0 Å². The van der Waals surface area contributed by atoms with Crippen molar-refractivity contribution in [2.75, 3.05) is 5.32 Å². The maximum atomic E-state index is 13.5. The summed E-state index contributed by atoms with van der Waals surface area (Å²) in [6, 6.07) is 10.7. The molecule has 0 fully saturated rings. The number of urea groups is 1. The molecule has 0 saturated heterocycles. The highest BCUT2D eigenvalue weighted by Gasteiger charge is 2.05. The highest BCUT2D eigenvalue weighted by atomic mass is 19.1. The standard InChI is InChI=1S/C18H21F2N3O/c1-12(2)22-18(24)23-16-7-3-13(4-8-16)10-21-11-14-5-6-15(19)9-17(14)20/h3-9,12,21H,10-11H2,1-2H3,(H2,22,23,24). The van der Waals surface area contributed by atoms with Gasteiger partial charge >= 0.3 is 6.03 Å². The Hall–Kier alpha value is -2.47. The third-order valence-corrected chi connectivity index (χ3v) is 3.29. The molecule has 6 heteroatoms. The topological polar surface area (TPSA) is 53.2 Å². The van der Waals surface area contributed by atoms with E-state index in [1.165, 1.54) is 12.1 Å². The molecular formula is C18H21F2N3O. The lowest BCUT2D eigenvalue weighted by atomic mass is 10.2. The average molecular weight is 333 g/mol. The first-order chi connectivity index (χ1) is 11.4. The quantitative estimate of drug-likeness (QED) is 0.753. The van der Waals surface area contributed by atoms with Gasteiger partial charge in [-0.15, -0.1) is 0 Å². The molecule has 0 saturated carbocycles. The SMILES string of the molecule is CC(C)NC(=O)Nc1ccc(CNCc2ccc(F)cc2F)cc1. The Morgan fingerprint density at radius 1 is 1.04 bits per heavy atom. The minimum Gasteiger partial charge on any atom is -0.336 e. The van der Waals surface area contributed by atoms with Crippen molar-refractivity contribution >= 4 is 11.7 Å². The fourth-order valence-electron chi connectivity index (χ4n) is 2.14. The summed E-state index contributed by atoms with van der Waals surface area (Å²) in [4.78, 5) is 11.6. The van der Waals surface area contributed by atoms with Crippen molar-refractivity contribution in [3.8, 4) is 0 Å². The van der Waals surface area contributed by atoms with Crippen LogP contribution in [-0.4, -0.2) is 12.1 Å². The van der Waals surface area contributed by atoms with Crippen molar-refractivity contribution in [1.29, 1.82) is 0 Å². The molecule has 4 nitrogen and oxygen atoms in total. The minimum atomic E-state index is -0.583. The second-order valence-corrected chi connectivity index (χ2v) is 5.79. The van der Waals surface area contributed by atoms with Crippen LogP contribution in [0.25, 0.3) is 0 Å². The fourth-order valence-corrected chi connectivity index (χ4v) is 2.14. The number of nitrogens with one attached hydrogen (secondary N) is 3. The number of anilines is 1. The minimum absolute atomic E-state index is 0.0698. The Labute approximate surface area is 140 Å². The van der Waals surface area contributed by atoms with E-state index in [1.54, 1.807) is 12.1 Å². The summed E-state index contributed by atoms with van der Waals surface area (Å²) in [5.74, 6) is -1.14. The predicted molar refractivity (Wildman–Crippen MR) is 90.6 cm³/mol. The predicted octanol–water partition coefficient (Wildman–Crippen LogP) is 3.78. The summed E-state index contributed by atoms with van der Waals surface area (Å²) in [6.07, 6.45) is 0. The van der Waals surface area contributed by atoms with Gasteiger partial charge in [0.15, 0.2) is 0 Å². The molecule has 24 heavy (non-hydrogen) atoms. The summed E-state index contributed by atoms with van der Waals surface area (Å²) in [7, 11) is 0. The van der Waals surface area contributed by atoms with E-state index in [4.69, 9.17) is 0 Å². The van der Waals surface area contributed by atoms with E-state index < -0.39 is 11.6 Å². The average Bonchev–Trinajstić information content (AvgIpc) is 2.50. The number of hydrogen-bond donors (Lipinski definition) is 3. The Balaban J connectivity index is 1.82. The normalized spacial score (nSPS) is 10.7. The van der Waals surface area contributed by atoms with Crippen molar-refractivity contribution in [3.63, 3.8) is 0 Å². The van der Waals surface area contributed by atoms with Crippen molar-refractivity contribution < 1.29 is 13.6 Å². The zero-order valence-electron chi connectivity index (χ0n) is 13.7. The van der Waals surface area contributed by atoms with Gasteiger partial charge < -0.3 is 16.0 Å². The molecule has 2 aromatic rings. The molecule has 0 unspecified atom stereocenters. The first-order valence-electron chi connectivity index (χ1n) is 7.75. The Kier molecular flexibility index (Phi) is 6.26. The van der Waals surface area contributed by atoms with Crippen LogP contribution in [0.1, 0.15) is 25.0 Å². The molecule has 2 amide bonds. The van der Waals surface area contributed by atoms with E-state index >= 15 is 0 Å². The zero-order chi connectivity index (χ0) is 17.5. The highest BCUT2D eigenvalue weighted by Crippen LogP contribution is 2.11. The van der Waals surface area contributed by atoms with E-state index in [0.29, 0.717) is 24.3 Å². The molecule has 0 aliphatic carbocycles. The molecule has 0 aliphatic rings. The first-order valence-corrected chi connectivity index (χ1v) is 7.75. The molecule has 2 rings (SSSR count). The molecule has 0 heterocycles. The van der Waals surface area contributed by atoms with Crippen molar-refractivity contribution in [1.82, 2.24) is 10.6 Å². The van der Waals surface area contributed by atoms with Crippen LogP contribution in [0.3, 0.4) is 0 Å². The van der Waals surface area contributed by atoms with Crippen LogP contribution in [0.4, 0.5) is 19.3 Å². The number of halogens is 2.